The van der Waals surface area contributed by atoms with Crippen molar-refractivity contribution in [2.24, 2.45) is 0 Å². The summed E-state index contributed by atoms with van der Waals surface area (Å²) in [6.07, 6.45) is 2.67. The van der Waals surface area contributed by atoms with E-state index in [1.165, 1.54) is 16.8 Å². The number of nitrogens with one attached hydrogen (secondary N) is 1. The smallest absolute Gasteiger partial charge is 0.126 e. The summed E-state index contributed by atoms with van der Waals surface area (Å²) in [5, 5.41) is 4.23. The number of nitrogens with zero attached hydrogens (tertiary/aromatic N) is 2. The summed E-state index contributed by atoms with van der Waals surface area (Å²) >= 11 is 5.97. The predicted molar refractivity (Wildman–Crippen MR) is 115 cm³/mol. The Bertz CT molecular complexity index is 945. The lowest BCUT2D eigenvalue weighted by molar-refractivity contribution is 0.414. The molecule has 2 heterocycles. The molecule has 4 nitrogen and oxygen atoms in total. The first-order valence-electron chi connectivity index (χ1n) is 9.50. The van der Waals surface area contributed by atoms with E-state index >= 15 is 0 Å². The van der Waals surface area contributed by atoms with Gasteiger partial charge in [-0.15, -0.1) is 0 Å². The molecule has 3 aromatic rings. The van der Waals surface area contributed by atoms with Crippen molar-refractivity contribution in [1.29, 1.82) is 0 Å². The van der Waals surface area contributed by atoms with E-state index in [1.807, 2.05) is 24.3 Å². The Morgan fingerprint density at radius 3 is 2.79 bits per heavy atom. The van der Waals surface area contributed by atoms with Gasteiger partial charge in [-0.25, -0.2) is 4.98 Å². The lowest BCUT2D eigenvalue weighted by atomic mass is 9.91. The third-order valence-electron chi connectivity index (χ3n) is 5.27. The number of aromatic nitrogens is 1. The van der Waals surface area contributed by atoms with Crippen molar-refractivity contribution in [3.63, 3.8) is 0 Å². The second-order valence-corrected chi connectivity index (χ2v) is 7.62. The maximum absolute atomic E-state index is 5.97. The third kappa shape index (κ3) is 3.92. The van der Waals surface area contributed by atoms with Gasteiger partial charge in [-0.2, -0.15) is 0 Å². The highest BCUT2D eigenvalue weighted by Gasteiger charge is 2.30. The molecule has 4 rings (SSSR count). The number of rotatable bonds is 5. The van der Waals surface area contributed by atoms with Crippen LogP contribution in [0.25, 0.3) is 0 Å². The van der Waals surface area contributed by atoms with Gasteiger partial charge >= 0.3 is 0 Å². The number of benzene rings is 2. The van der Waals surface area contributed by atoms with E-state index in [0.717, 1.165) is 24.5 Å². The fourth-order valence-electron chi connectivity index (χ4n) is 3.86. The highest BCUT2D eigenvalue weighted by Crippen LogP contribution is 2.39. The first kappa shape index (κ1) is 18.6. The van der Waals surface area contributed by atoms with Crippen LogP contribution in [0.3, 0.4) is 0 Å². The molecule has 0 saturated heterocycles. The van der Waals surface area contributed by atoms with Gasteiger partial charge in [0.1, 0.15) is 11.6 Å². The van der Waals surface area contributed by atoms with Crippen LogP contribution >= 0.6 is 11.6 Å². The standard InChI is InChI=1S/C23H24ClN3O/c1-16-12-21(26-23-11-10-18(24)14-25-23)20-8-3-4-9-22(20)27(16)15-17-6-5-7-19(13-17)28-2/h3-11,13-14,16,21H,12,15H2,1-2H3,(H,25,26)/t16-,21+/m0/s1. The fourth-order valence-corrected chi connectivity index (χ4v) is 3.97. The van der Waals surface area contributed by atoms with E-state index in [1.54, 1.807) is 13.3 Å². The Morgan fingerprint density at radius 2 is 2.00 bits per heavy atom. The number of ether oxygens (including phenoxy) is 1. The Balaban J connectivity index is 1.61. The van der Waals surface area contributed by atoms with Gasteiger partial charge < -0.3 is 15.0 Å². The van der Waals surface area contributed by atoms with Gasteiger partial charge in [-0.3, -0.25) is 0 Å². The molecular weight excluding hydrogens is 370 g/mol. The maximum Gasteiger partial charge on any atom is 0.126 e. The third-order valence-corrected chi connectivity index (χ3v) is 5.49. The van der Waals surface area contributed by atoms with E-state index < -0.39 is 0 Å². The Hall–Kier alpha value is -2.72. The minimum Gasteiger partial charge on any atom is -0.497 e. The normalized spacial score (nSPS) is 18.5. The molecule has 0 spiro atoms. The number of halogens is 1. The average molecular weight is 394 g/mol. The zero-order valence-electron chi connectivity index (χ0n) is 16.1. The molecule has 1 aromatic heterocycles. The zero-order chi connectivity index (χ0) is 19.5. The quantitative estimate of drug-likeness (QED) is 0.603. The Morgan fingerprint density at radius 1 is 1.14 bits per heavy atom. The second kappa shape index (κ2) is 8.11. The van der Waals surface area contributed by atoms with Crippen LogP contribution in [-0.4, -0.2) is 18.1 Å². The number of anilines is 2. The number of para-hydroxylation sites is 1. The summed E-state index contributed by atoms with van der Waals surface area (Å²) in [6.45, 7) is 3.13. The topological polar surface area (TPSA) is 37.4 Å². The number of fused-ring (bicyclic) bond motifs is 1. The molecule has 1 aliphatic rings. The van der Waals surface area contributed by atoms with Gasteiger partial charge in [-0.05, 0) is 54.8 Å². The SMILES string of the molecule is COc1cccc(CN2c3ccccc3[C@H](Nc3ccc(Cl)cn3)C[C@@H]2C)c1. The molecule has 5 heteroatoms. The van der Waals surface area contributed by atoms with E-state index in [0.29, 0.717) is 11.1 Å². The van der Waals surface area contributed by atoms with Crippen LogP contribution in [0.5, 0.6) is 5.75 Å². The summed E-state index contributed by atoms with van der Waals surface area (Å²) in [5.41, 5.74) is 3.79. The monoisotopic (exact) mass is 393 g/mol. The van der Waals surface area contributed by atoms with Gasteiger partial charge in [0.05, 0.1) is 18.2 Å². The number of methoxy groups -OCH3 is 1. The number of hydrogen-bond donors (Lipinski definition) is 1. The summed E-state index contributed by atoms with van der Waals surface area (Å²) in [6, 6.07) is 21.3. The molecule has 0 radical (unpaired) electrons. The van der Waals surface area contributed by atoms with Gasteiger partial charge in [-0.1, -0.05) is 41.9 Å². The van der Waals surface area contributed by atoms with E-state index in [9.17, 15) is 0 Å². The first-order chi connectivity index (χ1) is 13.6. The highest BCUT2D eigenvalue weighted by molar-refractivity contribution is 6.30. The molecule has 0 amide bonds. The van der Waals surface area contributed by atoms with Gasteiger partial charge in [0.2, 0.25) is 0 Å². The van der Waals surface area contributed by atoms with Crippen molar-refractivity contribution < 1.29 is 4.74 Å². The zero-order valence-corrected chi connectivity index (χ0v) is 16.9. The number of pyridine rings is 1. The van der Waals surface area contributed by atoms with Gasteiger partial charge in [0.15, 0.2) is 0 Å². The molecule has 0 unspecified atom stereocenters. The van der Waals surface area contributed by atoms with Crippen LogP contribution in [0.4, 0.5) is 11.5 Å². The van der Waals surface area contributed by atoms with Crippen molar-refractivity contribution in [1.82, 2.24) is 4.98 Å². The lowest BCUT2D eigenvalue weighted by Crippen LogP contribution is -2.39. The Labute approximate surface area is 171 Å². The van der Waals surface area contributed by atoms with Crippen molar-refractivity contribution in [2.45, 2.75) is 32.0 Å². The minimum absolute atomic E-state index is 0.210. The van der Waals surface area contributed by atoms with Crippen molar-refractivity contribution in [3.8, 4) is 5.75 Å². The molecule has 2 atom stereocenters. The molecule has 28 heavy (non-hydrogen) atoms. The molecule has 144 valence electrons. The van der Waals surface area contributed by atoms with Crippen LogP contribution in [0, 0.1) is 0 Å². The van der Waals surface area contributed by atoms with Crippen LogP contribution in [0.15, 0.2) is 66.9 Å². The van der Waals surface area contributed by atoms with E-state index in [2.05, 4.69) is 58.5 Å². The van der Waals surface area contributed by atoms with E-state index in [4.69, 9.17) is 16.3 Å². The van der Waals surface area contributed by atoms with Crippen molar-refractivity contribution >= 4 is 23.1 Å². The molecular formula is C23H24ClN3O. The van der Waals surface area contributed by atoms with Crippen LogP contribution in [-0.2, 0) is 6.54 Å². The largest absolute Gasteiger partial charge is 0.497 e. The molecule has 0 bridgehead atoms. The lowest BCUT2D eigenvalue weighted by Gasteiger charge is -2.41. The first-order valence-corrected chi connectivity index (χ1v) is 9.88. The van der Waals surface area contributed by atoms with Crippen molar-refractivity contribution in [2.75, 3.05) is 17.3 Å². The molecule has 1 N–H and O–H groups in total. The second-order valence-electron chi connectivity index (χ2n) is 7.18. The minimum atomic E-state index is 0.210. The summed E-state index contributed by atoms with van der Waals surface area (Å²) in [5.74, 6) is 1.74. The maximum atomic E-state index is 5.97. The van der Waals surface area contributed by atoms with Crippen molar-refractivity contribution in [3.05, 3.63) is 83.0 Å². The van der Waals surface area contributed by atoms with E-state index in [-0.39, 0.29) is 6.04 Å². The van der Waals surface area contributed by atoms with Crippen LogP contribution in [0.2, 0.25) is 5.02 Å². The highest BCUT2D eigenvalue weighted by atomic mass is 35.5. The predicted octanol–water partition coefficient (Wildman–Crippen LogP) is 5.70. The molecule has 2 aromatic carbocycles. The van der Waals surface area contributed by atoms with Gasteiger partial charge in [0.25, 0.3) is 0 Å². The van der Waals surface area contributed by atoms with Gasteiger partial charge in [0, 0.05) is 24.5 Å². The summed E-state index contributed by atoms with van der Waals surface area (Å²) in [7, 11) is 1.71. The van der Waals surface area contributed by atoms with Crippen LogP contribution in [0.1, 0.15) is 30.5 Å². The average Bonchev–Trinajstić information content (AvgIpc) is 2.72. The molecule has 0 fully saturated rings. The molecule has 0 aliphatic carbocycles. The summed E-state index contributed by atoms with van der Waals surface area (Å²) < 4.78 is 5.39. The summed E-state index contributed by atoms with van der Waals surface area (Å²) in [4.78, 5) is 6.88. The van der Waals surface area contributed by atoms with Crippen LogP contribution < -0.4 is 15.0 Å². The Kier molecular flexibility index (Phi) is 5.40. The fraction of sp³-hybridized carbons (Fsp3) is 0.261. The number of hydrogen-bond acceptors (Lipinski definition) is 4. The molecule has 0 saturated carbocycles. The molecule has 1 aliphatic heterocycles.